The van der Waals surface area contributed by atoms with Crippen LogP contribution >= 0.6 is 23.2 Å². The fourth-order valence-electron chi connectivity index (χ4n) is 2.55. The van der Waals surface area contributed by atoms with Gasteiger partial charge in [-0.15, -0.1) is 0 Å². The van der Waals surface area contributed by atoms with E-state index in [-0.39, 0.29) is 6.03 Å². The standard InChI is InChI=1S/C15H16Cl2N4O/c16-11-4-5-12(13(17)10-11)14-6-7-18-21(14)15(22)19-20-8-2-1-3-9-20/h4-7,10H,1-3,8-9H2,(H,19,22). The molecule has 1 saturated heterocycles. The highest BCUT2D eigenvalue weighted by molar-refractivity contribution is 6.36. The van der Waals surface area contributed by atoms with Gasteiger partial charge in [0.15, 0.2) is 0 Å². The lowest BCUT2D eigenvalue weighted by Crippen LogP contribution is -2.47. The highest BCUT2D eigenvalue weighted by Gasteiger charge is 2.18. The van der Waals surface area contributed by atoms with Gasteiger partial charge in [-0.3, -0.25) is 5.43 Å². The largest absolute Gasteiger partial charge is 0.357 e. The smallest absolute Gasteiger partial charge is 0.269 e. The fourth-order valence-corrected chi connectivity index (χ4v) is 3.06. The minimum atomic E-state index is -0.284. The van der Waals surface area contributed by atoms with Gasteiger partial charge in [0.1, 0.15) is 0 Å². The third-order valence-corrected chi connectivity index (χ3v) is 4.20. The fraction of sp³-hybridized carbons (Fsp3) is 0.333. The molecule has 0 bridgehead atoms. The Morgan fingerprint density at radius 2 is 1.91 bits per heavy atom. The summed E-state index contributed by atoms with van der Waals surface area (Å²) in [5, 5.41) is 7.08. The molecule has 0 atom stereocenters. The molecular weight excluding hydrogens is 323 g/mol. The molecule has 0 spiro atoms. The van der Waals surface area contributed by atoms with Gasteiger partial charge >= 0.3 is 6.03 Å². The third kappa shape index (κ3) is 3.27. The number of aromatic nitrogens is 2. The molecule has 116 valence electrons. The highest BCUT2D eigenvalue weighted by Crippen LogP contribution is 2.30. The topological polar surface area (TPSA) is 50.2 Å². The molecule has 0 aliphatic carbocycles. The second-order valence-corrected chi connectivity index (χ2v) is 6.06. The molecule has 7 heteroatoms. The van der Waals surface area contributed by atoms with Crippen LogP contribution in [-0.2, 0) is 0 Å². The Labute approximate surface area is 138 Å². The van der Waals surface area contributed by atoms with Crippen molar-refractivity contribution in [1.29, 1.82) is 0 Å². The number of nitrogens with zero attached hydrogens (tertiary/aromatic N) is 3. The van der Waals surface area contributed by atoms with Crippen LogP contribution in [0.2, 0.25) is 10.0 Å². The van der Waals surface area contributed by atoms with Crippen molar-refractivity contribution >= 4 is 29.2 Å². The summed E-state index contributed by atoms with van der Waals surface area (Å²) in [6.07, 6.45) is 4.97. The monoisotopic (exact) mass is 338 g/mol. The molecule has 1 aliphatic heterocycles. The Hall–Kier alpha value is -1.56. The molecule has 0 unspecified atom stereocenters. The highest BCUT2D eigenvalue weighted by atomic mass is 35.5. The lowest BCUT2D eigenvalue weighted by Gasteiger charge is -2.26. The zero-order valence-electron chi connectivity index (χ0n) is 11.9. The van der Waals surface area contributed by atoms with Gasteiger partial charge < -0.3 is 0 Å². The van der Waals surface area contributed by atoms with Crippen LogP contribution in [0.25, 0.3) is 11.3 Å². The first-order valence-electron chi connectivity index (χ1n) is 7.20. The van der Waals surface area contributed by atoms with Gasteiger partial charge in [-0.1, -0.05) is 29.6 Å². The number of piperidine rings is 1. The number of hydrogen-bond donors (Lipinski definition) is 1. The van der Waals surface area contributed by atoms with Crippen LogP contribution in [0.4, 0.5) is 4.79 Å². The zero-order chi connectivity index (χ0) is 15.5. The van der Waals surface area contributed by atoms with E-state index in [0.717, 1.165) is 31.5 Å². The number of hydrazine groups is 1. The second-order valence-electron chi connectivity index (χ2n) is 5.22. The van der Waals surface area contributed by atoms with Gasteiger partial charge in [0.2, 0.25) is 0 Å². The van der Waals surface area contributed by atoms with Gasteiger partial charge in [0, 0.05) is 23.7 Å². The lowest BCUT2D eigenvalue weighted by molar-refractivity contribution is 0.154. The van der Waals surface area contributed by atoms with Gasteiger partial charge in [0.05, 0.1) is 16.9 Å². The van der Waals surface area contributed by atoms with Gasteiger partial charge in [0.25, 0.3) is 0 Å². The molecule has 1 aromatic heterocycles. The normalized spacial score (nSPS) is 15.7. The predicted octanol–water partition coefficient (Wildman–Crippen LogP) is 3.82. The van der Waals surface area contributed by atoms with Crippen molar-refractivity contribution in [2.75, 3.05) is 13.1 Å². The number of amides is 1. The Balaban J connectivity index is 1.83. The quantitative estimate of drug-likeness (QED) is 0.905. The Bertz CT molecular complexity index is 680. The SMILES string of the molecule is O=C(NN1CCCCC1)n1nccc1-c1ccc(Cl)cc1Cl. The molecule has 0 saturated carbocycles. The number of benzene rings is 1. The molecule has 3 rings (SSSR count). The summed E-state index contributed by atoms with van der Waals surface area (Å²) in [4.78, 5) is 12.4. The van der Waals surface area contributed by atoms with Gasteiger partial charge in [-0.2, -0.15) is 9.78 Å². The first kappa shape index (κ1) is 15.3. The molecule has 1 amide bonds. The second kappa shape index (κ2) is 6.69. The summed E-state index contributed by atoms with van der Waals surface area (Å²) in [6.45, 7) is 1.73. The van der Waals surface area contributed by atoms with Crippen LogP contribution in [0.1, 0.15) is 19.3 Å². The first-order chi connectivity index (χ1) is 10.6. The van der Waals surface area contributed by atoms with E-state index >= 15 is 0 Å². The number of carbonyl (C=O) groups excluding carboxylic acids is 1. The summed E-state index contributed by atoms with van der Waals surface area (Å²) in [5.41, 5.74) is 4.24. The van der Waals surface area contributed by atoms with Crippen LogP contribution in [0.15, 0.2) is 30.5 Å². The molecule has 1 fully saturated rings. The molecule has 2 aromatic rings. The van der Waals surface area contributed by atoms with E-state index < -0.39 is 0 Å². The van der Waals surface area contributed by atoms with E-state index in [9.17, 15) is 4.79 Å². The van der Waals surface area contributed by atoms with E-state index in [1.165, 1.54) is 11.1 Å². The van der Waals surface area contributed by atoms with Crippen LogP contribution in [-0.4, -0.2) is 33.9 Å². The van der Waals surface area contributed by atoms with Crippen molar-refractivity contribution in [1.82, 2.24) is 20.2 Å². The van der Waals surface area contributed by atoms with E-state index in [2.05, 4.69) is 10.5 Å². The average Bonchev–Trinajstić information content (AvgIpc) is 2.97. The summed E-state index contributed by atoms with van der Waals surface area (Å²) < 4.78 is 1.32. The van der Waals surface area contributed by atoms with Crippen LogP contribution < -0.4 is 5.43 Å². The number of carbonyl (C=O) groups is 1. The Kier molecular flexibility index (Phi) is 4.66. The summed E-state index contributed by atoms with van der Waals surface area (Å²) in [6, 6.07) is 6.64. The number of nitrogens with one attached hydrogen (secondary N) is 1. The summed E-state index contributed by atoms with van der Waals surface area (Å²) in [5.74, 6) is 0. The molecule has 1 aliphatic rings. The van der Waals surface area contributed by atoms with Crippen LogP contribution in [0.5, 0.6) is 0 Å². The first-order valence-corrected chi connectivity index (χ1v) is 7.96. The Morgan fingerprint density at radius 1 is 1.14 bits per heavy atom. The average molecular weight is 339 g/mol. The maximum atomic E-state index is 12.4. The zero-order valence-corrected chi connectivity index (χ0v) is 13.4. The van der Waals surface area contributed by atoms with Crippen molar-refractivity contribution in [2.24, 2.45) is 0 Å². The van der Waals surface area contributed by atoms with Crippen molar-refractivity contribution in [2.45, 2.75) is 19.3 Å². The maximum Gasteiger partial charge on any atom is 0.357 e. The molecular formula is C15H16Cl2N4O. The maximum absolute atomic E-state index is 12.4. The summed E-state index contributed by atoms with van der Waals surface area (Å²) in [7, 11) is 0. The molecule has 1 aromatic carbocycles. The molecule has 22 heavy (non-hydrogen) atoms. The Morgan fingerprint density at radius 3 is 2.64 bits per heavy atom. The van der Waals surface area contributed by atoms with Crippen molar-refractivity contribution < 1.29 is 4.79 Å². The predicted molar refractivity (Wildman–Crippen MR) is 87.0 cm³/mol. The minimum absolute atomic E-state index is 0.284. The van der Waals surface area contributed by atoms with Crippen molar-refractivity contribution in [3.63, 3.8) is 0 Å². The summed E-state index contributed by atoms with van der Waals surface area (Å²) >= 11 is 12.1. The van der Waals surface area contributed by atoms with Gasteiger partial charge in [-0.05, 0) is 37.1 Å². The van der Waals surface area contributed by atoms with E-state index in [4.69, 9.17) is 23.2 Å². The number of rotatable bonds is 2. The van der Waals surface area contributed by atoms with Crippen molar-refractivity contribution in [3.05, 3.63) is 40.5 Å². The molecule has 5 nitrogen and oxygen atoms in total. The number of hydrogen-bond acceptors (Lipinski definition) is 3. The minimum Gasteiger partial charge on any atom is -0.269 e. The van der Waals surface area contributed by atoms with Crippen molar-refractivity contribution in [3.8, 4) is 11.3 Å². The third-order valence-electron chi connectivity index (χ3n) is 3.65. The van der Waals surface area contributed by atoms with E-state index in [1.54, 1.807) is 30.5 Å². The molecule has 1 N–H and O–H groups in total. The van der Waals surface area contributed by atoms with E-state index in [0.29, 0.717) is 15.7 Å². The van der Waals surface area contributed by atoms with E-state index in [1.807, 2.05) is 5.01 Å². The molecule has 2 heterocycles. The number of halogens is 2. The molecule has 0 radical (unpaired) electrons. The van der Waals surface area contributed by atoms with Gasteiger partial charge in [-0.25, -0.2) is 9.80 Å². The van der Waals surface area contributed by atoms with Crippen LogP contribution in [0, 0.1) is 0 Å². The lowest BCUT2D eigenvalue weighted by atomic mass is 10.1. The van der Waals surface area contributed by atoms with Crippen LogP contribution in [0.3, 0.4) is 0 Å².